The van der Waals surface area contributed by atoms with Crippen LogP contribution in [0.3, 0.4) is 0 Å². The van der Waals surface area contributed by atoms with Crippen molar-refractivity contribution < 1.29 is 30.0 Å². The minimum Gasteiger partial charge on any atom is -0.450 e. The van der Waals surface area contributed by atoms with Crippen molar-refractivity contribution in [1.29, 1.82) is 0 Å². The molecule has 0 spiro atoms. The summed E-state index contributed by atoms with van der Waals surface area (Å²) < 4.78 is 5.72. The van der Waals surface area contributed by atoms with Crippen molar-refractivity contribution in [2.24, 2.45) is 17.3 Å². The molecular weight excluding hydrogens is 336 g/mol. The smallest absolute Gasteiger partial charge is 0.307 e. The Labute approximate surface area is 153 Å². The van der Waals surface area contributed by atoms with Gasteiger partial charge in [-0.25, -0.2) is 0 Å². The number of ether oxygens (including phenoxy) is 1. The molecule has 0 amide bonds. The molecule has 0 aromatic heterocycles. The Morgan fingerprint density at radius 1 is 1.15 bits per heavy atom. The normalized spacial score (nSPS) is 55.8. The van der Waals surface area contributed by atoms with E-state index in [0.717, 1.165) is 5.57 Å². The van der Waals surface area contributed by atoms with Crippen LogP contribution >= 0.6 is 0 Å². The van der Waals surface area contributed by atoms with E-state index in [1.165, 1.54) is 0 Å². The van der Waals surface area contributed by atoms with Crippen LogP contribution in [-0.4, -0.2) is 54.9 Å². The molecule has 6 heteroatoms. The van der Waals surface area contributed by atoms with Crippen LogP contribution in [0.1, 0.15) is 60.3 Å². The van der Waals surface area contributed by atoms with E-state index in [2.05, 4.69) is 0 Å². The van der Waals surface area contributed by atoms with Gasteiger partial charge in [0.2, 0.25) is 5.60 Å². The first-order valence-electron chi connectivity index (χ1n) is 9.61. The van der Waals surface area contributed by atoms with Gasteiger partial charge in [-0.15, -0.1) is 0 Å². The highest BCUT2D eigenvalue weighted by Gasteiger charge is 2.94. The molecule has 0 radical (unpaired) electrons. The van der Waals surface area contributed by atoms with Crippen molar-refractivity contribution in [3.63, 3.8) is 0 Å². The van der Waals surface area contributed by atoms with E-state index in [1.807, 2.05) is 20.8 Å². The number of hydrogen-bond acceptors (Lipinski definition) is 6. The molecule has 0 unspecified atom stereocenters. The predicted octanol–water partition coefficient (Wildman–Crippen LogP) is 1.05. The van der Waals surface area contributed by atoms with Crippen LogP contribution in [0.4, 0.5) is 0 Å². The number of esters is 1. The molecule has 3 aliphatic carbocycles. The van der Waals surface area contributed by atoms with E-state index in [9.17, 15) is 25.2 Å². The summed E-state index contributed by atoms with van der Waals surface area (Å²) in [7, 11) is 0. The summed E-state index contributed by atoms with van der Waals surface area (Å²) in [5.74, 6) is -0.801. The van der Waals surface area contributed by atoms with Crippen LogP contribution in [-0.2, 0) is 9.53 Å². The van der Waals surface area contributed by atoms with Gasteiger partial charge in [-0.3, -0.25) is 4.79 Å². The van der Waals surface area contributed by atoms with E-state index in [0.29, 0.717) is 12.0 Å². The zero-order valence-electron chi connectivity index (χ0n) is 16.2. The lowest BCUT2D eigenvalue weighted by Gasteiger charge is -2.59. The molecule has 146 valence electrons. The molecule has 1 aliphatic heterocycles. The second kappa shape index (κ2) is 4.72. The molecule has 6 nitrogen and oxygen atoms in total. The molecule has 1 saturated heterocycles. The number of rotatable bonds is 1. The van der Waals surface area contributed by atoms with Gasteiger partial charge in [-0.05, 0) is 37.2 Å². The second-order valence-corrected chi connectivity index (χ2v) is 9.59. The number of carbonyl (C=O) groups excluding carboxylic acids is 1. The lowest BCUT2D eigenvalue weighted by atomic mass is 9.55. The molecule has 26 heavy (non-hydrogen) atoms. The van der Waals surface area contributed by atoms with Crippen LogP contribution in [0.5, 0.6) is 0 Å². The van der Waals surface area contributed by atoms with Crippen LogP contribution in [0, 0.1) is 17.3 Å². The third kappa shape index (κ3) is 1.41. The maximum Gasteiger partial charge on any atom is 0.307 e. The lowest BCUT2D eigenvalue weighted by Crippen LogP contribution is -2.77. The van der Waals surface area contributed by atoms with Crippen molar-refractivity contribution in [1.82, 2.24) is 0 Å². The third-order valence-corrected chi connectivity index (χ3v) is 8.43. The Morgan fingerprint density at radius 3 is 2.35 bits per heavy atom. The molecule has 3 fully saturated rings. The quantitative estimate of drug-likeness (QED) is 0.408. The fourth-order valence-electron chi connectivity index (χ4n) is 6.88. The van der Waals surface area contributed by atoms with E-state index >= 15 is 0 Å². The highest BCUT2D eigenvalue weighted by atomic mass is 16.6. The van der Waals surface area contributed by atoms with Gasteiger partial charge >= 0.3 is 5.97 Å². The number of aliphatic hydroxyl groups excluding tert-OH is 1. The number of hydrogen-bond donors (Lipinski definition) is 4. The Bertz CT molecular complexity index is 730. The fraction of sp³-hybridized carbons (Fsp3) is 0.850. The van der Waals surface area contributed by atoms with Gasteiger partial charge in [0.15, 0.2) is 5.60 Å². The number of aliphatic hydroxyl groups is 4. The molecule has 4 N–H and O–H groups in total. The summed E-state index contributed by atoms with van der Waals surface area (Å²) in [5, 5.41) is 47.0. The van der Waals surface area contributed by atoms with Crippen LogP contribution in [0.2, 0.25) is 0 Å². The first-order valence-corrected chi connectivity index (χ1v) is 9.61. The summed E-state index contributed by atoms with van der Waals surface area (Å²) in [6.07, 6.45) is -0.525. The Hall–Kier alpha value is -0.950. The SMILES string of the molecule is CC1=C(C(C)C)C[C@@]2(O)[C@@]3(C)CC(=O)O[C@@]4([C@H](O)[C@H](C)CC[C@]34O)[C@@]12O. The van der Waals surface area contributed by atoms with Gasteiger partial charge in [0.05, 0.1) is 6.42 Å². The first-order chi connectivity index (χ1) is 11.8. The van der Waals surface area contributed by atoms with Crippen molar-refractivity contribution in [2.45, 2.75) is 88.8 Å². The van der Waals surface area contributed by atoms with Crippen molar-refractivity contribution in [3.8, 4) is 0 Å². The Balaban J connectivity index is 2.11. The predicted molar refractivity (Wildman–Crippen MR) is 93.0 cm³/mol. The van der Waals surface area contributed by atoms with Gasteiger partial charge < -0.3 is 25.2 Å². The molecular formula is C20H30O6. The zero-order valence-corrected chi connectivity index (χ0v) is 16.2. The van der Waals surface area contributed by atoms with Gasteiger partial charge in [0, 0.05) is 11.8 Å². The molecule has 2 saturated carbocycles. The fourth-order valence-corrected chi connectivity index (χ4v) is 6.88. The Morgan fingerprint density at radius 2 is 1.77 bits per heavy atom. The van der Waals surface area contributed by atoms with Gasteiger partial charge in [0.25, 0.3) is 0 Å². The molecule has 0 aromatic rings. The van der Waals surface area contributed by atoms with Crippen molar-refractivity contribution >= 4 is 5.97 Å². The van der Waals surface area contributed by atoms with E-state index in [4.69, 9.17) is 4.74 Å². The monoisotopic (exact) mass is 366 g/mol. The average molecular weight is 366 g/mol. The topological polar surface area (TPSA) is 107 Å². The lowest BCUT2D eigenvalue weighted by molar-refractivity contribution is -0.307. The summed E-state index contributed by atoms with van der Waals surface area (Å²) in [6, 6.07) is 0. The molecule has 4 rings (SSSR count). The largest absolute Gasteiger partial charge is 0.450 e. The maximum absolute atomic E-state index is 12.5. The highest BCUT2D eigenvalue weighted by Crippen LogP contribution is 2.77. The summed E-state index contributed by atoms with van der Waals surface area (Å²) >= 11 is 0. The highest BCUT2D eigenvalue weighted by molar-refractivity contribution is 5.77. The summed E-state index contributed by atoms with van der Waals surface area (Å²) in [6.45, 7) is 9.18. The second-order valence-electron chi connectivity index (χ2n) is 9.59. The molecule has 7 atom stereocenters. The molecule has 0 aromatic carbocycles. The zero-order chi connectivity index (χ0) is 19.5. The average Bonchev–Trinajstić information content (AvgIpc) is 2.79. The molecule has 2 bridgehead atoms. The minimum absolute atomic E-state index is 0.0799. The first kappa shape index (κ1) is 18.4. The van der Waals surface area contributed by atoms with Crippen LogP contribution < -0.4 is 0 Å². The standard InChI is InChI=1S/C20H30O6/c1-10(2)13-8-18(24)16(5)9-14(21)26-20(19(18,25)12(13)4)15(22)11(3)6-7-17(16,20)23/h10-11,15,22-25H,6-9H2,1-5H3/t11-,15-,16+,17+,18-,19-,20-/m1/s1. The Kier molecular flexibility index (Phi) is 3.34. The third-order valence-electron chi connectivity index (χ3n) is 8.43. The van der Waals surface area contributed by atoms with Gasteiger partial charge in [0.1, 0.15) is 17.3 Å². The molecule has 1 heterocycles. The van der Waals surface area contributed by atoms with Crippen molar-refractivity contribution in [2.75, 3.05) is 0 Å². The summed E-state index contributed by atoms with van der Waals surface area (Å²) in [4.78, 5) is 12.5. The van der Waals surface area contributed by atoms with E-state index in [1.54, 1.807) is 13.8 Å². The minimum atomic E-state index is -2.02. The maximum atomic E-state index is 12.5. The van der Waals surface area contributed by atoms with Crippen LogP contribution in [0.15, 0.2) is 11.1 Å². The van der Waals surface area contributed by atoms with E-state index in [-0.39, 0.29) is 31.1 Å². The number of fused-ring (bicyclic) bond motifs is 2. The van der Waals surface area contributed by atoms with Gasteiger partial charge in [-0.1, -0.05) is 33.3 Å². The van der Waals surface area contributed by atoms with Gasteiger partial charge in [-0.2, -0.15) is 0 Å². The molecule has 4 aliphatic rings. The van der Waals surface area contributed by atoms with Crippen LogP contribution in [0.25, 0.3) is 0 Å². The number of carbonyl (C=O) groups is 1. The van der Waals surface area contributed by atoms with Crippen molar-refractivity contribution in [3.05, 3.63) is 11.1 Å². The van der Waals surface area contributed by atoms with E-state index < -0.39 is 39.9 Å². The summed E-state index contributed by atoms with van der Waals surface area (Å²) in [5.41, 5.74) is -7.38.